The van der Waals surface area contributed by atoms with Gasteiger partial charge in [-0.2, -0.15) is 0 Å². The Morgan fingerprint density at radius 1 is 1.39 bits per heavy atom. The number of pyridine rings is 1. The van der Waals surface area contributed by atoms with Crippen LogP contribution in [0.4, 0.5) is 0 Å². The predicted octanol–water partition coefficient (Wildman–Crippen LogP) is 1.69. The molecule has 1 aromatic heterocycles. The lowest BCUT2D eigenvalue weighted by molar-refractivity contribution is 0.105. The average Bonchev–Trinajstić information content (AvgIpc) is 2.54. The molecule has 0 spiro atoms. The van der Waals surface area contributed by atoms with E-state index in [0.717, 1.165) is 30.3 Å². The summed E-state index contributed by atoms with van der Waals surface area (Å²) < 4.78 is 7.60. The summed E-state index contributed by atoms with van der Waals surface area (Å²) in [5.74, 6) is 0.564. The Balaban J connectivity index is 1.85. The third kappa shape index (κ3) is 3.41. The first-order valence-electron chi connectivity index (χ1n) is 8.26. The summed E-state index contributed by atoms with van der Waals surface area (Å²) in [6, 6.07) is 7.91. The highest BCUT2D eigenvalue weighted by molar-refractivity contribution is 5.88. The molecule has 0 amide bonds. The maximum absolute atomic E-state index is 12.3. The van der Waals surface area contributed by atoms with Gasteiger partial charge in [0.1, 0.15) is 18.5 Å². The average molecular weight is 316 g/mol. The zero-order valence-electron chi connectivity index (χ0n) is 13.7. The Bertz CT molecular complexity index is 752. The van der Waals surface area contributed by atoms with Gasteiger partial charge in [0.05, 0.1) is 5.52 Å². The molecule has 5 nitrogen and oxygen atoms in total. The maximum atomic E-state index is 12.3. The summed E-state index contributed by atoms with van der Waals surface area (Å²) in [5, 5.41) is 14.1. The van der Waals surface area contributed by atoms with E-state index in [1.54, 1.807) is 6.07 Å². The van der Waals surface area contributed by atoms with Gasteiger partial charge in [-0.05, 0) is 24.5 Å². The van der Waals surface area contributed by atoms with Crippen molar-refractivity contribution in [1.82, 2.24) is 9.88 Å². The number of rotatable bonds is 6. The number of para-hydroxylation sites is 1. The number of benzene rings is 1. The fraction of sp³-hybridized carbons (Fsp3) is 0.500. The Labute approximate surface area is 135 Å². The summed E-state index contributed by atoms with van der Waals surface area (Å²) >= 11 is 0. The molecule has 3 rings (SSSR count). The fourth-order valence-corrected chi connectivity index (χ4v) is 3.07. The molecule has 1 atom stereocenters. The Kier molecular flexibility index (Phi) is 4.68. The van der Waals surface area contributed by atoms with Crippen molar-refractivity contribution in [3.63, 3.8) is 0 Å². The molecule has 0 saturated carbocycles. The lowest BCUT2D eigenvalue weighted by Crippen LogP contribution is -2.35. The van der Waals surface area contributed by atoms with Gasteiger partial charge in [-0.1, -0.05) is 26.0 Å². The Morgan fingerprint density at radius 2 is 2.22 bits per heavy atom. The topological polar surface area (TPSA) is 63.5 Å². The SMILES string of the molecule is CC(C)NCC(O)COc1cc(=O)n2c3c(cccc13)CCC2. The molecule has 5 heteroatoms. The highest BCUT2D eigenvalue weighted by Gasteiger charge is 2.17. The van der Waals surface area contributed by atoms with Gasteiger partial charge in [-0.15, -0.1) is 0 Å². The second-order valence-electron chi connectivity index (χ2n) is 6.44. The molecule has 2 N–H and O–H groups in total. The van der Waals surface area contributed by atoms with E-state index in [1.165, 1.54) is 5.56 Å². The second kappa shape index (κ2) is 6.72. The smallest absolute Gasteiger partial charge is 0.254 e. The Hall–Kier alpha value is -1.85. The number of aromatic nitrogens is 1. The van der Waals surface area contributed by atoms with Crippen molar-refractivity contribution >= 4 is 10.9 Å². The monoisotopic (exact) mass is 316 g/mol. The standard InChI is InChI=1S/C18H24N2O3/c1-12(2)19-10-14(21)11-23-16-9-17(22)20-8-4-6-13-5-3-7-15(16)18(13)20/h3,5,7,9,12,14,19,21H,4,6,8,10-11H2,1-2H3. The summed E-state index contributed by atoms with van der Waals surface area (Å²) in [5.41, 5.74) is 2.14. The van der Waals surface area contributed by atoms with Gasteiger partial charge in [0, 0.05) is 30.6 Å². The number of nitrogens with one attached hydrogen (secondary N) is 1. The molecule has 0 fully saturated rings. The van der Waals surface area contributed by atoms with Gasteiger partial charge in [0.25, 0.3) is 5.56 Å². The van der Waals surface area contributed by atoms with Gasteiger partial charge in [-0.25, -0.2) is 0 Å². The van der Waals surface area contributed by atoms with Gasteiger partial charge in [0.15, 0.2) is 0 Å². The van der Waals surface area contributed by atoms with Crippen molar-refractivity contribution in [3.05, 3.63) is 40.2 Å². The van der Waals surface area contributed by atoms with E-state index >= 15 is 0 Å². The van der Waals surface area contributed by atoms with E-state index in [2.05, 4.69) is 11.4 Å². The van der Waals surface area contributed by atoms with Crippen LogP contribution < -0.4 is 15.6 Å². The van der Waals surface area contributed by atoms with Crippen molar-refractivity contribution in [3.8, 4) is 5.75 Å². The first-order chi connectivity index (χ1) is 11.1. The molecule has 0 saturated heterocycles. The molecule has 1 aliphatic rings. The summed E-state index contributed by atoms with van der Waals surface area (Å²) in [6.45, 7) is 5.45. The minimum absolute atomic E-state index is 0.0329. The number of aliphatic hydroxyl groups is 1. The minimum Gasteiger partial charge on any atom is -0.490 e. The summed E-state index contributed by atoms with van der Waals surface area (Å²) in [6.07, 6.45) is 1.37. The molecule has 0 radical (unpaired) electrons. The lowest BCUT2D eigenvalue weighted by atomic mass is 10.0. The van der Waals surface area contributed by atoms with Crippen LogP contribution in [0.2, 0.25) is 0 Å². The molecule has 0 bridgehead atoms. The zero-order chi connectivity index (χ0) is 16.4. The number of hydrogen-bond acceptors (Lipinski definition) is 4. The molecular weight excluding hydrogens is 292 g/mol. The zero-order valence-corrected chi connectivity index (χ0v) is 13.7. The van der Waals surface area contributed by atoms with E-state index in [9.17, 15) is 9.90 Å². The van der Waals surface area contributed by atoms with E-state index < -0.39 is 6.10 Å². The van der Waals surface area contributed by atoms with E-state index in [4.69, 9.17) is 4.74 Å². The molecule has 1 unspecified atom stereocenters. The number of aryl methyl sites for hydroxylation is 2. The summed E-state index contributed by atoms with van der Waals surface area (Å²) in [4.78, 5) is 12.3. The van der Waals surface area contributed by atoms with Crippen LogP contribution in [0.25, 0.3) is 10.9 Å². The van der Waals surface area contributed by atoms with Crippen molar-refractivity contribution in [2.45, 2.75) is 45.4 Å². The Morgan fingerprint density at radius 3 is 3.00 bits per heavy atom. The third-order valence-corrected chi connectivity index (χ3v) is 4.20. The number of nitrogens with zero attached hydrogens (tertiary/aromatic N) is 1. The molecule has 0 aliphatic carbocycles. The molecule has 23 heavy (non-hydrogen) atoms. The van der Waals surface area contributed by atoms with Crippen LogP contribution in [0.1, 0.15) is 25.8 Å². The molecule has 124 valence electrons. The van der Waals surface area contributed by atoms with E-state index in [1.807, 2.05) is 30.5 Å². The fourth-order valence-electron chi connectivity index (χ4n) is 3.07. The molecule has 2 aromatic rings. The third-order valence-electron chi connectivity index (χ3n) is 4.20. The van der Waals surface area contributed by atoms with Gasteiger partial charge in [0.2, 0.25) is 0 Å². The van der Waals surface area contributed by atoms with Crippen LogP contribution in [0, 0.1) is 0 Å². The minimum atomic E-state index is -0.606. The van der Waals surface area contributed by atoms with Crippen molar-refractivity contribution in [2.75, 3.05) is 13.2 Å². The number of ether oxygens (including phenoxy) is 1. The first-order valence-corrected chi connectivity index (χ1v) is 8.26. The van der Waals surface area contributed by atoms with Crippen LogP contribution >= 0.6 is 0 Å². The van der Waals surface area contributed by atoms with Crippen molar-refractivity contribution in [1.29, 1.82) is 0 Å². The maximum Gasteiger partial charge on any atom is 0.254 e. The highest BCUT2D eigenvalue weighted by Crippen LogP contribution is 2.29. The second-order valence-corrected chi connectivity index (χ2v) is 6.44. The molecular formula is C18H24N2O3. The van der Waals surface area contributed by atoms with Crippen LogP contribution in [-0.4, -0.2) is 35.0 Å². The van der Waals surface area contributed by atoms with Crippen LogP contribution in [0.5, 0.6) is 5.75 Å². The van der Waals surface area contributed by atoms with Gasteiger partial charge < -0.3 is 19.7 Å². The highest BCUT2D eigenvalue weighted by atomic mass is 16.5. The molecule has 1 aliphatic heterocycles. The van der Waals surface area contributed by atoms with Gasteiger partial charge in [-0.3, -0.25) is 4.79 Å². The number of hydrogen-bond donors (Lipinski definition) is 2. The lowest BCUT2D eigenvalue weighted by Gasteiger charge is -2.21. The van der Waals surface area contributed by atoms with Gasteiger partial charge >= 0.3 is 0 Å². The van der Waals surface area contributed by atoms with Crippen LogP contribution in [-0.2, 0) is 13.0 Å². The van der Waals surface area contributed by atoms with Crippen molar-refractivity contribution < 1.29 is 9.84 Å². The van der Waals surface area contributed by atoms with Crippen LogP contribution in [0.15, 0.2) is 29.1 Å². The van der Waals surface area contributed by atoms with Crippen LogP contribution in [0.3, 0.4) is 0 Å². The van der Waals surface area contributed by atoms with Crippen molar-refractivity contribution in [2.24, 2.45) is 0 Å². The number of aliphatic hydroxyl groups excluding tert-OH is 1. The van der Waals surface area contributed by atoms with E-state index in [0.29, 0.717) is 18.3 Å². The molecule has 1 aromatic carbocycles. The predicted molar refractivity (Wildman–Crippen MR) is 91.2 cm³/mol. The van der Waals surface area contributed by atoms with E-state index in [-0.39, 0.29) is 12.2 Å². The normalized spacial score (nSPS) is 15.1. The first kappa shape index (κ1) is 16.0. The largest absolute Gasteiger partial charge is 0.490 e. The quantitative estimate of drug-likeness (QED) is 0.851. The molecule has 2 heterocycles. The summed E-state index contributed by atoms with van der Waals surface area (Å²) in [7, 11) is 0.